The van der Waals surface area contributed by atoms with Crippen molar-refractivity contribution < 1.29 is 4.74 Å². The first kappa shape index (κ1) is 9.34. The van der Waals surface area contributed by atoms with Crippen molar-refractivity contribution in [2.45, 2.75) is 32.6 Å². The number of halogens is 1. The van der Waals surface area contributed by atoms with Crippen molar-refractivity contribution in [2.75, 3.05) is 19.1 Å². The van der Waals surface area contributed by atoms with E-state index >= 15 is 0 Å². The van der Waals surface area contributed by atoms with E-state index < -0.39 is 0 Å². The average molecular weight is 177 g/mol. The molecule has 0 radical (unpaired) electrons. The Balaban J connectivity index is 2.42. The topological polar surface area (TPSA) is 9.23 Å². The number of ether oxygens (including phenoxy) is 1. The molecule has 0 N–H and O–H groups in total. The molecule has 11 heavy (non-hydrogen) atoms. The van der Waals surface area contributed by atoms with Gasteiger partial charge in [0.15, 0.2) is 0 Å². The fourth-order valence-electron chi connectivity index (χ4n) is 1.79. The van der Waals surface area contributed by atoms with E-state index in [-0.39, 0.29) is 0 Å². The molecule has 0 spiro atoms. The Kier molecular flexibility index (Phi) is 3.67. The second-order valence-corrected chi connectivity index (χ2v) is 3.76. The molecule has 0 aromatic carbocycles. The second-order valence-electron chi connectivity index (χ2n) is 3.50. The van der Waals surface area contributed by atoms with Gasteiger partial charge < -0.3 is 4.74 Å². The smallest absolute Gasteiger partial charge is 0.0471 e. The zero-order valence-corrected chi connectivity index (χ0v) is 7.99. The van der Waals surface area contributed by atoms with Crippen LogP contribution in [-0.2, 0) is 4.74 Å². The maximum absolute atomic E-state index is 5.96. The molecule has 1 aliphatic rings. The summed E-state index contributed by atoms with van der Waals surface area (Å²) in [6.45, 7) is 4.04. The molecule has 0 atom stereocenters. The molecule has 1 nitrogen and oxygen atoms in total. The van der Waals surface area contributed by atoms with E-state index in [1.54, 1.807) is 0 Å². The van der Waals surface area contributed by atoms with Crippen LogP contribution in [0.15, 0.2) is 0 Å². The largest absolute Gasteiger partial charge is 0.381 e. The summed E-state index contributed by atoms with van der Waals surface area (Å²) in [6.07, 6.45) is 4.82. The second kappa shape index (κ2) is 4.32. The Hall–Kier alpha value is 0.250. The Morgan fingerprint density at radius 2 is 2.00 bits per heavy atom. The highest BCUT2D eigenvalue weighted by molar-refractivity contribution is 6.18. The maximum atomic E-state index is 5.96. The fraction of sp³-hybridized carbons (Fsp3) is 1.00. The molecular weight excluding hydrogens is 160 g/mol. The fourth-order valence-corrected chi connectivity index (χ4v) is 2.19. The van der Waals surface area contributed by atoms with Crippen LogP contribution in [0.4, 0.5) is 0 Å². The summed E-state index contributed by atoms with van der Waals surface area (Å²) in [4.78, 5) is 0. The molecule has 1 fully saturated rings. The SMILES string of the molecule is CCCC1(CCl)CCOCC1. The van der Waals surface area contributed by atoms with Gasteiger partial charge in [0.1, 0.15) is 0 Å². The van der Waals surface area contributed by atoms with Gasteiger partial charge in [-0.1, -0.05) is 13.3 Å². The minimum atomic E-state index is 0.411. The maximum Gasteiger partial charge on any atom is 0.0471 e. The first-order chi connectivity index (χ1) is 5.33. The first-order valence-electron chi connectivity index (χ1n) is 4.47. The summed E-state index contributed by atoms with van der Waals surface area (Å²) in [7, 11) is 0. The molecule has 2 heteroatoms. The lowest BCUT2D eigenvalue weighted by Gasteiger charge is -2.35. The highest BCUT2D eigenvalue weighted by Crippen LogP contribution is 2.36. The summed E-state index contributed by atoms with van der Waals surface area (Å²) in [5, 5.41) is 0. The van der Waals surface area contributed by atoms with E-state index in [9.17, 15) is 0 Å². The van der Waals surface area contributed by atoms with Gasteiger partial charge in [-0.15, -0.1) is 11.6 Å². The molecule has 0 unspecified atom stereocenters. The number of alkyl halides is 1. The van der Waals surface area contributed by atoms with Crippen molar-refractivity contribution in [1.82, 2.24) is 0 Å². The van der Waals surface area contributed by atoms with Gasteiger partial charge in [-0.25, -0.2) is 0 Å². The summed E-state index contributed by atoms with van der Waals surface area (Å²) in [6, 6.07) is 0. The van der Waals surface area contributed by atoms with Crippen LogP contribution in [0.1, 0.15) is 32.6 Å². The monoisotopic (exact) mass is 176 g/mol. The molecule has 1 saturated heterocycles. The summed E-state index contributed by atoms with van der Waals surface area (Å²) >= 11 is 5.96. The molecule has 66 valence electrons. The van der Waals surface area contributed by atoms with Crippen molar-refractivity contribution >= 4 is 11.6 Å². The summed E-state index contributed by atoms with van der Waals surface area (Å²) in [5.74, 6) is 0.810. The predicted octanol–water partition coefficient (Wildman–Crippen LogP) is 2.82. The highest BCUT2D eigenvalue weighted by Gasteiger charge is 2.30. The molecule has 0 amide bonds. The van der Waals surface area contributed by atoms with Gasteiger partial charge in [0.2, 0.25) is 0 Å². The Labute approximate surface area is 74.1 Å². The van der Waals surface area contributed by atoms with Crippen molar-refractivity contribution in [1.29, 1.82) is 0 Å². The van der Waals surface area contributed by atoms with Gasteiger partial charge in [0.25, 0.3) is 0 Å². The van der Waals surface area contributed by atoms with Gasteiger partial charge in [0, 0.05) is 19.1 Å². The standard InChI is InChI=1S/C9H17ClO/c1-2-3-9(8-10)4-6-11-7-5-9/h2-8H2,1H3. The van der Waals surface area contributed by atoms with Crippen molar-refractivity contribution in [3.8, 4) is 0 Å². The van der Waals surface area contributed by atoms with Crippen LogP contribution in [0, 0.1) is 5.41 Å². The molecule has 0 aromatic rings. The number of hydrogen-bond donors (Lipinski definition) is 0. The lowest BCUT2D eigenvalue weighted by molar-refractivity contribution is 0.0212. The molecule has 0 aromatic heterocycles. The van der Waals surface area contributed by atoms with Crippen LogP contribution in [0.25, 0.3) is 0 Å². The Morgan fingerprint density at radius 1 is 1.36 bits per heavy atom. The van der Waals surface area contributed by atoms with E-state index in [1.165, 1.54) is 12.8 Å². The van der Waals surface area contributed by atoms with Crippen LogP contribution in [-0.4, -0.2) is 19.1 Å². The Morgan fingerprint density at radius 3 is 2.45 bits per heavy atom. The molecular formula is C9H17ClO. The van der Waals surface area contributed by atoms with E-state index in [0.717, 1.165) is 31.9 Å². The highest BCUT2D eigenvalue weighted by atomic mass is 35.5. The third kappa shape index (κ3) is 2.34. The molecule has 0 saturated carbocycles. The zero-order chi connectivity index (χ0) is 8.16. The minimum Gasteiger partial charge on any atom is -0.381 e. The van der Waals surface area contributed by atoms with Gasteiger partial charge in [0.05, 0.1) is 0 Å². The van der Waals surface area contributed by atoms with Gasteiger partial charge in [-0.05, 0) is 24.7 Å². The molecule has 1 rings (SSSR count). The summed E-state index contributed by atoms with van der Waals surface area (Å²) in [5.41, 5.74) is 0.411. The van der Waals surface area contributed by atoms with Crippen LogP contribution < -0.4 is 0 Å². The van der Waals surface area contributed by atoms with E-state index in [2.05, 4.69) is 6.92 Å². The first-order valence-corrected chi connectivity index (χ1v) is 5.00. The van der Waals surface area contributed by atoms with Gasteiger partial charge in [-0.3, -0.25) is 0 Å². The number of rotatable bonds is 3. The lowest BCUT2D eigenvalue weighted by Crippen LogP contribution is -2.31. The van der Waals surface area contributed by atoms with Crippen LogP contribution >= 0.6 is 11.6 Å². The number of hydrogen-bond acceptors (Lipinski definition) is 1. The van der Waals surface area contributed by atoms with Crippen LogP contribution in [0.3, 0.4) is 0 Å². The van der Waals surface area contributed by atoms with E-state index in [1.807, 2.05) is 0 Å². The Bertz CT molecular complexity index is 103. The molecule has 0 aliphatic carbocycles. The van der Waals surface area contributed by atoms with E-state index in [0.29, 0.717) is 5.41 Å². The van der Waals surface area contributed by atoms with E-state index in [4.69, 9.17) is 16.3 Å². The quantitative estimate of drug-likeness (QED) is 0.601. The zero-order valence-electron chi connectivity index (χ0n) is 7.24. The summed E-state index contributed by atoms with van der Waals surface area (Å²) < 4.78 is 5.31. The third-order valence-corrected chi connectivity index (χ3v) is 3.18. The van der Waals surface area contributed by atoms with Gasteiger partial charge >= 0.3 is 0 Å². The van der Waals surface area contributed by atoms with Crippen molar-refractivity contribution in [3.63, 3.8) is 0 Å². The normalized spacial score (nSPS) is 23.5. The van der Waals surface area contributed by atoms with Crippen molar-refractivity contribution in [2.24, 2.45) is 5.41 Å². The van der Waals surface area contributed by atoms with Crippen LogP contribution in [0.5, 0.6) is 0 Å². The lowest BCUT2D eigenvalue weighted by atomic mass is 9.78. The van der Waals surface area contributed by atoms with Gasteiger partial charge in [-0.2, -0.15) is 0 Å². The molecule has 0 bridgehead atoms. The minimum absolute atomic E-state index is 0.411. The predicted molar refractivity (Wildman–Crippen MR) is 48.1 cm³/mol. The third-order valence-electron chi connectivity index (χ3n) is 2.62. The van der Waals surface area contributed by atoms with Crippen molar-refractivity contribution in [3.05, 3.63) is 0 Å². The molecule has 1 aliphatic heterocycles. The molecule has 1 heterocycles. The van der Waals surface area contributed by atoms with Crippen LogP contribution in [0.2, 0.25) is 0 Å². The average Bonchev–Trinajstić information content (AvgIpc) is 2.07.